The molecule has 0 radical (unpaired) electrons. The monoisotopic (exact) mass is 243 g/mol. The summed E-state index contributed by atoms with van der Waals surface area (Å²) < 4.78 is 13.7. The molecule has 1 N–H and O–H groups in total. The number of hydrogen-bond donors (Lipinski definition) is 1. The van der Waals surface area contributed by atoms with Gasteiger partial charge in [-0.2, -0.15) is 0 Å². The number of hydrogen-bond acceptors (Lipinski definition) is 1. The Bertz CT molecular complexity index is 341. The van der Waals surface area contributed by atoms with Crippen molar-refractivity contribution in [2.45, 2.75) is 33.2 Å². The summed E-state index contributed by atoms with van der Waals surface area (Å²) >= 11 is 5.91. The van der Waals surface area contributed by atoms with Crippen molar-refractivity contribution in [2.75, 3.05) is 6.54 Å². The van der Waals surface area contributed by atoms with E-state index < -0.39 is 0 Å². The van der Waals surface area contributed by atoms with Crippen LogP contribution in [0.4, 0.5) is 4.39 Å². The Morgan fingerprint density at radius 2 is 2.06 bits per heavy atom. The van der Waals surface area contributed by atoms with Crippen molar-refractivity contribution < 1.29 is 4.39 Å². The fourth-order valence-corrected chi connectivity index (χ4v) is 2.01. The van der Waals surface area contributed by atoms with Gasteiger partial charge >= 0.3 is 0 Å². The maximum atomic E-state index is 13.7. The van der Waals surface area contributed by atoms with E-state index in [1.54, 1.807) is 12.1 Å². The number of nitrogens with one attached hydrogen (secondary N) is 1. The molecular formula is C13H19ClFN. The van der Waals surface area contributed by atoms with Gasteiger partial charge in [0.15, 0.2) is 0 Å². The SMILES string of the molecule is CCNC(c1cc(Cl)ccc1F)C(C)CC. The van der Waals surface area contributed by atoms with Gasteiger partial charge in [-0.3, -0.25) is 0 Å². The predicted octanol–water partition coefficient (Wildman–Crippen LogP) is 4.18. The largest absolute Gasteiger partial charge is 0.310 e. The van der Waals surface area contributed by atoms with Crippen LogP contribution in [0.3, 0.4) is 0 Å². The Morgan fingerprint density at radius 1 is 1.38 bits per heavy atom. The molecule has 1 rings (SSSR count). The molecule has 0 saturated heterocycles. The quantitative estimate of drug-likeness (QED) is 0.818. The first-order valence-electron chi connectivity index (χ1n) is 5.78. The molecule has 0 saturated carbocycles. The van der Waals surface area contributed by atoms with Crippen LogP contribution in [0, 0.1) is 11.7 Å². The minimum atomic E-state index is -0.185. The normalized spacial score (nSPS) is 14.8. The highest BCUT2D eigenvalue weighted by atomic mass is 35.5. The maximum absolute atomic E-state index is 13.7. The maximum Gasteiger partial charge on any atom is 0.128 e. The van der Waals surface area contributed by atoms with Crippen LogP contribution in [0.15, 0.2) is 18.2 Å². The first kappa shape index (κ1) is 13.5. The lowest BCUT2D eigenvalue weighted by Crippen LogP contribution is -2.27. The molecule has 0 aliphatic heterocycles. The van der Waals surface area contributed by atoms with Gasteiger partial charge < -0.3 is 5.32 Å². The summed E-state index contributed by atoms with van der Waals surface area (Å²) in [4.78, 5) is 0. The lowest BCUT2D eigenvalue weighted by molar-refractivity contribution is 0.372. The van der Waals surface area contributed by atoms with Crippen molar-refractivity contribution in [3.8, 4) is 0 Å². The minimum absolute atomic E-state index is 0.0358. The van der Waals surface area contributed by atoms with E-state index in [-0.39, 0.29) is 11.9 Å². The fourth-order valence-electron chi connectivity index (χ4n) is 1.83. The first-order valence-corrected chi connectivity index (χ1v) is 6.16. The minimum Gasteiger partial charge on any atom is -0.310 e. The zero-order valence-corrected chi connectivity index (χ0v) is 10.8. The van der Waals surface area contributed by atoms with Crippen LogP contribution in [-0.4, -0.2) is 6.54 Å². The highest BCUT2D eigenvalue weighted by Crippen LogP contribution is 2.28. The van der Waals surface area contributed by atoms with Crippen LogP contribution in [0.25, 0.3) is 0 Å². The molecule has 0 spiro atoms. The number of rotatable bonds is 5. The summed E-state index contributed by atoms with van der Waals surface area (Å²) in [6.45, 7) is 7.07. The van der Waals surface area contributed by atoms with Crippen molar-refractivity contribution in [3.05, 3.63) is 34.6 Å². The Morgan fingerprint density at radius 3 is 2.62 bits per heavy atom. The van der Waals surface area contributed by atoms with E-state index >= 15 is 0 Å². The molecule has 0 aliphatic rings. The van der Waals surface area contributed by atoms with E-state index in [9.17, 15) is 4.39 Å². The van der Waals surface area contributed by atoms with Crippen LogP contribution in [0.2, 0.25) is 5.02 Å². The summed E-state index contributed by atoms with van der Waals surface area (Å²) in [5.41, 5.74) is 0.670. The molecule has 0 fully saturated rings. The second kappa shape index (κ2) is 6.21. The van der Waals surface area contributed by atoms with Gasteiger partial charge in [0.2, 0.25) is 0 Å². The third-order valence-corrected chi connectivity index (χ3v) is 3.17. The van der Waals surface area contributed by atoms with Gasteiger partial charge in [-0.15, -0.1) is 0 Å². The third kappa shape index (κ3) is 3.19. The van der Waals surface area contributed by atoms with Gasteiger partial charge in [0, 0.05) is 16.6 Å². The van der Waals surface area contributed by atoms with Gasteiger partial charge in [0.25, 0.3) is 0 Å². The predicted molar refractivity (Wildman–Crippen MR) is 67.3 cm³/mol. The molecule has 0 heterocycles. The number of benzene rings is 1. The molecule has 1 aromatic rings. The van der Waals surface area contributed by atoms with E-state index in [1.807, 2.05) is 6.92 Å². The van der Waals surface area contributed by atoms with Crippen LogP contribution in [0.1, 0.15) is 38.8 Å². The highest BCUT2D eigenvalue weighted by molar-refractivity contribution is 6.30. The molecule has 0 bridgehead atoms. The second-order valence-corrected chi connectivity index (χ2v) is 4.52. The van der Waals surface area contributed by atoms with Gasteiger partial charge in [-0.1, -0.05) is 38.8 Å². The van der Waals surface area contributed by atoms with Crippen LogP contribution < -0.4 is 5.32 Å². The van der Waals surface area contributed by atoms with E-state index in [0.717, 1.165) is 13.0 Å². The van der Waals surface area contributed by atoms with Crippen molar-refractivity contribution in [1.82, 2.24) is 5.32 Å². The lowest BCUT2D eigenvalue weighted by atomic mass is 9.92. The van der Waals surface area contributed by atoms with E-state index in [2.05, 4.69) is 19.2 Å². The van der Waals surface area contributed by atoms with Crippen LogP contribution in [-0.2, 0) is 0 Å². The standard InChI is InChI=1S/C13H19ClFN/c1-4-9(3)13(16-5-2)11-8-10(14)6-7-12(11)15/h6-9,13,16H,4-5H2,1-3H3. The third-order valence-electron chi connectivity index (χ3n) is 2.93. The molecule has 0 amide bonds. The summed E-state index contributed by atoms with van der Waals surface area (Å²) in [6.07, 6.45) is 1.00. The molecule has 0 aromatic heterocycles. The molecule has 3 heteroatoms. The zero-order valence-electron chi connectivity index (χ0n) is 10.1. The van der Waals surface area contributed by atoms with Crippen molar-refractivity contribution >= 4 is 11.6 Å². The lowest BCUT2D eigenvalue weighted by Gasteiger charge is -2.24. The number of halogens is 2. The first-order chi connectivity index (χ1) is 7.60. The average Bonchev–Trinajstić information content (AvgIpc) is 2.28. The molecule has 90 valence electrons. The Hall–Kier alpha value is -0.600. The van der Waals surface area contributed by atoms with Crippen LogP contribution >= 0.6 is 11.6 Å². The summed E-state index contributed by atoms with van der Waals surface area (Å²) in [6, 6.07) is 4.77. The molecule has 16 heavy (non-hydrogen) atoms. The molecule has 1 nitrogen and oxygen atoms in total. The molecule has 2 atom stereocenters. The van der Waals surface area contributed by atoms with Crippen molar-refractivity contribution in [1.29, 1.82) is 0 Å². The Balaban J connectivity index is 3.04. The molecule has 2 unspecified atom stereocenters. The van der Waals surface area contributed by atoms with Gasteiger partial charge in [0.05, 0.1) is 0 Å². The molecule has 1 aromatic carbocycles. The van der Waals surface area contributed by atoms with E-state index in [0.29, 0.717) is 16.5 Å². The van der Waals surface area contributed by atoms with Gasteiger partial charge in [-0.05, 0) is 30.7 Å². The van der Waals surface area contributed by atoms with Gasteiger partial charge in [-0.25, -0.2) is 4.39 Å². The highest BCUT2D eigenvalue weighted by Gasteiger charge is 2.20. The van der Waals surface area contributed by atoms with E-state index in [1.165, 1.54) is 6.07 Å². The topological polar surface area (TPSA) is 12.0 Å². The Kier molecular flexibility index (Phi) is 5.23. The average molecular weight is 244 g/mol. The summed E-state index contributed by atoms with van der Waals surface area (Å²) in [5, 5.41) is 3.90. The Labute approximate surface area is 102 Å². The zero-order chi connectivity index (χ0) is 12.1. The molecule has 0 aliphatic carbocycles. The summed E-state index contributed by atoms with van der Waals surface area (Å²) in [5.74, 6) is 0.198. The second-order valence-electron chi connectivity index (χ2n) is 4.09. The fraction of sp³-hybridized carbons (Fsp3) is 0.538. The van der Waals surface area contributed by atoms with E-state index in [4.69, 9.17) is 11.6 Å². The smallest absolute Gasteiger partial charge is 0.128 e. The van der Waals surface area contributed by atoms with Crippen molar-refractivity contribution in [3.63, 3.8) is 0 Å². The summed E-state index contributed by atoms with van der Waals surface area (Å²) in [7, 11) is 0. The van der Waals surface area contributed by atoms with Crippen LogP contribution in [0.5, 0.6) is 0 Å². The van der Waals surface area contributed by atoms with Gasteiger partial charge in [0.1, 0.15) is 5.82 Å². The molecular weight excluding hydrogens is 225 g/mol. The van der Waals surface area contributed by atoms with Crippen molar-refractivity contribution in [2.24, 2.45) is 5.92 Å².